The molecule has 1 atom stereocenters. The van der Waals surface area contributed by atoms with Gasteiger partial charge < -0.3 is 19.7 Å². The normalized spacial score (nSPS) is 16.8. The molecule has 0 aromatic heterocycles. The number of hydrogen-bond donors (Lipinski definition) is 1. The van der Waals surface area contributed by atoms with Gasteiger partial charge in [0.05, 0.1) is 12.6 Å². The van der Waals surface area contributed by atoms with Crippen molar-refractivity contribution in [3.63, 3.8) is 0 Å². The smallest absolute Gasteiger partial charge is 0.258 e. The number of ether oxygens (including phenoxy) is 2. The lowest BCUT2D eigenvalue weighted by atomic mass is 10.2. The predicted molar refractivity (Wildman–Crippen MR) is 86.2 cm³/mol. The molecule has 0 bridgehead atoms. The number of benzene rings is 1. The average Bonchev–Trinajstić information content (AvgIpc) is 3.09. The van der Waals surface area contributed by atoms with Crippen LogP contribution in [-0.2, 0) is 14.3 Å². The summed E-state index contributed by atoms with van der Waals surface area (Å²) in [5.41, 5.74) is 0. The lowest BCUT2D eigenvalue weighted by Crippen LogP contribution is -2.44. The summed E-state index contributed by atoms with van der Waals surface area (Å²) in [5, 5.41) is 2.60. The number of carbonyl (C=O) groups is 2. The highest BCUT2D eigenvalue weighted by atomic mass is 16.5. The van der Waals surface area contributed by atoms with Crippen molar-refractivity contribution in [2.45, 2.75) is 25.9 Å². The highest BCUT2D eigenvalue weighted by molar-refractivity contribution is 5.85. The molecule has 1 unspecified atom stereocenters. The molecule has 1 aromatic rings. The van der Waals surface area contributed by atoms with Gasteiger partial charge in [-0.15, -0.1) is 0 Å². The van der Waals surface area contributed by atoms with Crippen molar-refractivity contribution in [1.29, 1.82) is 0 Å². The van der Waals surface area contributed by atoms with E-state index in [1.54, 1.807) is 17.0 Å². The van der Waals surface area contributed by atoms with E-state index in [4.69, 9.17) is 9.47 Å². The van der Waals surface area contributed by atoms with E-state index in [-0.39, 0.29) is 31.1 Å². The maximum atomic E-state index is 12.2. The Bertz CT molecular complexity index is 501. The first-order valence-electron chi connectivity index (χ1n) is 8.03. The van der Waals surface area contributed by atoms with Crippen molar-refractivity contribution in [3.05, 3.63) is 30.3 Å². The second-order valence-corrected chi connectivity index (χ2v) is 5.45. The van der Waals surface area contributed by atoms with Crippen LogP contribution in [0.1, 0.15) is 19.8 Å². The van der Waals surface area contributed by atoms with Gasteiger partial charge in [-0.2, -0.15) is 0 Å². The summed E-state index contributed by atoms with van der Waals surface area (Å²) in [7, 11) is 0. The standard InChI is InChI=1S/C17H24N2O4/c1-2-19(12-15-9-6-10-22-15)17(21)11-18-16(20)13-23-14-7-4-3-5-8-14/h3-5,7-8,15H,2,6,9-13H2,1H3,(H,18,20). The summed E-state index contributed by atoms with van der Waals surface area (Å²) in [4.78, 5) is 25.6. The van der Waals surface area contributed by atoms with Gasteiger partial charge in [-0.1, -0.05) is 18.2 Å². The SMILES string of the molecule is CCN(CC1CCCO1)C(=O)CNC(=O)COc1ccccc1. The van der Waals surface area contributed by atoms with Crippen LogP contribution in [-0.4, -0.2) is 55.7 Å². The molecule has 126 valence electrons. The van der Waals surface area contributed by atoms with E-state index in [9.17, 15) is 9.59 Å². The Hall–Kier alpha value is -2.08. The van der Waals surface area contributed by atoms with Crippen LogP contribution in [0.15, 0.2) is 30.3 Å². The molecule has 0 saturated carbocycles. The molecule has 0 spiro atoms. The number of rotatable bonds is 8. The molecule has 0 radical (unpaired) electrons. The zero-order valence-corrected chi connectivity index (χ0v) is 13.5. The molecule has 1 aliphatic heterocycles. The van der Waals surface area contributed by atoms with Crippen molar-refractivity contribution in [2.75, 3.05) is 32.8 Å². The summed E-state index contributed by atoms with van der Waals surface area (Å²) < 4.78 is 10.9. The third-order valence-electron chi connectivity index (χ3n) is 3.73. The summed E-state index contributed by atoms with van der Waals surface area (Å²) in [5.74, 6) is 0.217. The zero-order valence-electron chi connectivity index (χ0n) is 13.5. The first-order chi connectivity index (χ1) is 11.2. The summed E-state index contributed by atoms with van der Waals surface area (Å²) in [6.07, 6.45) is 2.15. The molecule has 0 aliphatic carbocycles. The second kappa shape index (κ2) is 9.15. The van der Waals surface area contributed by atoms with E-state index < -0.39 is 0 Å². The van der Waals surface area contributed by atoms with Gasteiger partial charge >= 0.3 is 0 Å². The van der Waals surface area contributed by atoms with Gasteiger partial charge in [0.2, 0.25) is 5.91 Å². The predicted octanol–water partition coefficient (Wildman–Crippen LogP) is 1.21. The van der Waals surface area contributed by atoms with E-state index in [1.165, 1.54) is 0 Å². The topological polar surface area (TPSA) is 67.9 Å². The second-order valence-electron chi connectivity index (χ2n) is 5.45. The minimum absolute atomic E-state index is 0.0163. The fraction of sp³-hybridized carbons (Fsp3) is 0.529. The van der Waals surface area contributed by atoms with Gasteiger partial charge in [-0.25, -0.2) is 0 Å². The molecule has 1 fully saturated rings. The van der Waals surface area contributed by atoms with Crippen molar-refractivity contribution in [2.24, 2.45) is 0 Å². The minimum Gasteiger partial charge on any atom is -0.484 e. The minimum atomic E-state index is -0.310. The Morgan fingerprint density at radius 2 is 2.13 bits per heavy atom. The van der Waals surface area contributed by atoms with Crippen LogP contribution in [0.4, 0.5) is 0 Å². The van der Waals surface area contributed by atoms with Crippen molar-refractivity contribution in [1.82, 2.24) is 10.2 Å². The molecular formula is C17H24N2O4. The van der Waals surface area contributed by atoms with Crippen molar-refractivity contribution < 1.29 is 19.1 Å². The van der Waals surface area contributed by atoms with Crippen LogP contribution in [0, 0.1) is 0 Å². The molecule has 1 saturated heterocycles. The molecule has 6 heteroatoms. The number of hydrogen-bond acceptors (Lipinski definition) is 4. The summed E-state index contributed by atoms with van der Waals surface area (Å²) in [6, 6.07) is 9.10. The molecule has 1 heterocycles. The van der Waals surface area contributed by atoms with Crippen LogP contribution in [0.5, 0.6) is 5.75 Å². The van der Waals surface area contributed by atoms with Crippen molar-refractivity contribution >= 4 is 11.8 Å². The fourth-order valence-electron chi connectivity index (χ4n) is 2.44. The van der Waals surface area contributed by atoms with E-state index in [1.807, 2.05) is 25.1 Å². The Morgan fingerprint density at radius 1 is 1.35 bits per heavy atom. The number of para-hydroxylation sites is 1. The summed E-state index contributed by atoms with van der Waals surface area (Å²) in [6.45, 7) is 3.77. The molecule has 1 aliphatic rings. The van der Waals surface area contributed by atoms with Gasteiger partial charge in [0.15, 0.2) is 6.61 Å². The molecule has 2 amide bonds. The largest absolute Gasteiger partial charge is 0.484 e. The van der Waals surface area contributed by atoms with E-state index >= 15 is 0 Å². The lowest BCUT2D eigenvalue weighted by molar-refractivity contribution is -0.134. The third-order valence-corrected chi connectivity index (χ3v) is 3.73. The zero-order chi connectivity index (χ0) is 16.5. The number of carbonyl (C=O) groups excluding carboxylic acids is 2. The average molecular weight is 320 g/mol. The van der Waals surface area contributed by atoms with E-state index in [2.05, 4.69) is 5.32 Å². The molecule has 1 N–H and O–H groups in total. The van der Waals surface area contributed by atoms with Crippen LogP contribution >= 0.6 is 0 Å². The molecule has 2 rings (SSSR count). The summed E-state index contributed by atoms with van der Waals surface area (Å²) >= 11 is 0. The van der Waals surface area contributed by atoms with Crippen LogP contribution < -0.4 is 10.1 Å². The maximum Gasteiger partial charge on any atom is 0.258 e. The van der Waals surface area contributed by atoms with Gasteiger partial charge in [0, 0.05) is 19.7 Å². The number of amides is 2. The van der Waals surface area contributed by atoms with E-state index in [0.29, 0.717) is 18.8 Å². The Kier molecular flexibility index (Phi) is 6.87. The van der Waals surface area contributed by atoms with Gasteiger partial charge in [-0.3, -0.25) is 9.59 Å². The van der Waals surface area contributed by atoms with Crippen molar-refractivity contribution in [3.8, 4) is 5.75 Å². The van der Waals surface area contributed by atoms with Crippen LogP contribution in [0.25, 0.3) is 0 Å². The molecule has 6 nitrogen and oxygen atoms in total. The molecule has 23 heavy (non-hydrogen) atoms. The van der Waals surface area contributed by atoms with E-state index in [0.717, 1.165) is 19.4 Å². The van der Waals surface area contributed by atoms with Gasteiger partial charge in [0.25, 0.3) is 5.91 Å². The Morgan fingerprint density at radius 3 is 2.78 bits per heavy atom. The van der Waals surface area contributed by atoms with Gasteiger partial charge in [0.1, 0.15) is 5.75 Å². The first kappa shape index (κ1) is 17.3. The molecular weight excluding hydrogens is 296 g/mol. The quantitative estimate of drug-likeness (QED) is 0.782. The number of nitrogens with one attached hydrogen (secondary N) is 1. The van der Waals surface area contributed by atoms with Crippen LogP contribution in [0.3, 0.4) is 0 Å². The monoisotopic (exact) mass is 320 g/mol. The highest BCUT2D eigenvalue weighted by Crippen LogP contribution is 2.13. The molecule has 1 aromatic carbocycles. The van der Waals surface area contributed by atoms with Gasteiger partial charge in [-0.05, 0) is 31.9 Å². The Labute approximate surface area is 136 Å². The number of nitrogens with zero attached hydrogens (tertiary/aromatic N) is 1. The lowest BCUT2D eigenvalue weighted by Gasteiger charge is -2.24. The maximum absolute atomic E-state index is 12.2. The van der Waals surface area contributed by atoms with Crippen LogP contribution in [0.2, 0.25) is 0 Å². The third kappa shape index (κ3) is 5.90. The highest BCUT2D eigenvalue weighted by Gasteiger charge is 2.21. The number of likely N-dealkylation sites (N-methyl/N-ethyl adjacent to an activating group) is 1. The first-order valence-corrected chi connectivity index (χ1v) is 8.03. The fourth-order valence-corrected chi connectivity index (χ4v) is 2.44. The Balaban J connectivity index is 1.68.